The Kier molecular flexibility index (Phi) is 4.81. The smallest absolute Gasteiger partial charge is 0.254 e. The molecule has 26 heavy (non-hydrogen) atoms. The van der Waals surface area contributed by atoms with Crippen LogP contribution in [-0.4, -0.2) is 37.7 Å². The van der Waals surface area contributed by atoms with Crippen molar-refractivity contribution in [2.45, 2.75) is 32.4 Å². The van der Waals surface area contributed by atoms with Gasteiger partial charge in [0.15, 0.2) is 0 Å². The van der Waals surface area contributed by atoms with Crippen molar-refractivity contribution >= 4 is 5.91 Å². The van der Waals surface area contributed by atoms with Crippen molar-refractivity contribution in [1.82, 2.24) is 4.90 Å². The van der Waals surface area contributed by atoms with E-state index in [-0.39, 0.29) is 11.4 Å². The number of amides is 1. The highest BCUT2D eigenvalue weighted by molar-refractivity contribution is 5.95. The molecule has 0 spiro atoms. The Morgan fingerprint density at radius 1 is 0.885 bits per heavy atom. The number of ether oxygens (including phenoxy) is 3. The minimum absolute atomic E-state index is 0.0410. The van der Waals surface area contributed by atoms with Crippen LogP contribution in [0, 0.1) is 0 Å². The summed E-state index contributed by atoms with van der Waals surface area (Å²) in [7, 11) is 4.81. The number of rotatable bonds is 4. The molecule has 0 N–H and O–H groups in total. The van der Waals surface area contributed by atoms with Gasteiger partial charge in [-0.15, -0.1) is 0 Å². The number of carbonyl (C=O) groups is 1. The fraction of sp³-hybridized carbons (Fsp3) is 0.381. The van der Waals surface area contributed by atoms with Gasteiger partial charge in [0, 0.05) is 23.7 Å². The largest absolute Gasteiger partial charge is 0.497 e. The lowest BCUT2D eigenvalue weighted by Crippen LogP contribution is -2.51. The quantitative estimate of drug-likeness (QED) is 0.839. The third kappa shape index (κ3) is 3.34. The van der Waals surface area contributed by atoms with Gasteiger partial charge in [-0.3, -0.25) is 4.79 Å². The first-order valence-corrected chi connectivity index (χ1v) is 8.59. The minimum atomic E-state index is -0.297. The predicted molar refractivity (Wildman–Crippen MR) is 100 cm³/mol. The van der Waals surface area contributed by atoms with Crippen molar-refractivity contribution < 1.29 is 19.0 Å². The molecule has 1 aliphatic heterocycles. The molecule has 0 atom stereocenters. The van der Waals surface area contributed by atoms with E-state index in [1.807, 2.05) is 17.0 Å². The molecule has 1 amide bonds. The van der Waals surface area contributed by atoms with Gasteiger partial charge in [-0.25, -0.2) is 0 Å². The summed E-state index contributed by atoms with van der Waals surface area (Å²) in [5.41, 5.74) is 2.63. The van der Waals surface area contributed by atoms with Gasteiger partial charge in [-0.1, -0.05) is 6.07 Å². The maximum absolute atomic E-state index is 13.3. The second-order valence-electron chi connectivity index (χ2n) is 7.12. The summed E-state index contributed by atoms with van der Waals surface area (Å²) in [6, 6.07) is 11.3. The highest BCUT2D eigenvalue weighted by Gasteiger charge is 2.36. The zero-order valence-electron chi connectivity index (χ0n) is 16.0. The second-order valence-corrected chi connectivity index (χ2v) is 7.12. The minimum Gasteiger partial charge on any atom is -0.497 e. The first-order chi connectivity index (χ1) is 12.4. The van der Waals surface area contributed by atoms with E-state index in [0.29, 0.717) is 23.6 Å². The van der Waals surface area contributed by atoms with E-state index in [0.717, 1.165) is 17.7 Å². The van der Waals surface area contributed by atoms with Gasteiger partial charge in [0.05, 0.1) is 21.3 Å². The molecule has 0 unspecified atom stereocenters. The van der Waals surface area contributed by atoms with Crippen LogP contribution in [0.25, 0.3) is 0 Å². The molecule has 3 rings (SSSR count). The van der Waals surface area contributed by atoms with E-state index in [1.165, 1.54) is 5.56 Å². The lowest BCUT2D eigenvalue weighted by Gasteiger charge is -2.43. The van der Waals surface area contributed by atoms with E-state index < -0.39 is 0 Å². The van der Waals surface area contributed by atoms with E-state index in [4.69, 9.17) is 14.2 Å². The number of benzene rings is 2. The SMILES string of the molecule is COc1cc(OC)cc(C(=O)N2Cc3cc(OC)ccc3CC2(C)C)c1. The fourth-order valence-corrected chi connectivity index (χ4v) is 3.43. The summed E-state index contributed by atoms with van der Waals surface area (Å²) in [5, 5.41) is 0. The van der Waals surface area contributed by atoms with E-state index >= 15 is 0 Å². The van der Waals surface area contributed by atoms with Gasteiger partial charge in [-0.05, 0) is 55.7 Å². The van der Waals surface area contributed by atoms with Gasteiger partial charge in [0.1, 0.15) is 17.2 Å². The maximum Gasteiger partial charge on any atom is 0.254 e. The lowest BCUT2D eigenvalue weighted by molar-refractivity contribution is 0.0487. The summed E-state index contributed by atoms with van der Waals surface area (Å²) in [6.45, 7) is 4.73. The standard InChI is InChI=1S/C21H25NO4/c1-21(2)12-14-6-7-17(24-3)10-16(14)13-22(21)20(23)15-8-18(25-4)11-19(9-15)26-5/h6-11H,12-13H2,1-5H3. The van der Waals surface area contributed by atoms with Crippen molar-refractivity contribution in [1.29, 1.82) is 0 Å². The molecule has 2 aromatic rings. The van der Waals surface area contributed by atoms with Crippen LogP contribution >= 0.6 is 0 Å². The van der Waals surface area contributed by atoms with Crippen molar-refractivity contribution in [2.75, 3.05) is 21.3 Å². The van der Waals surface area contributed by atoms with Crippen LogP contribution in [-0.2, 0) is 13.0 Å². The van der Waals surface area contributed by atoms with Crippen LogP contribution in [0.15, 0.2) is 36.4 Å². The van der Waals surface area contributed by atoms with E-state index in [2.05, 4.69) is 19.9 Å². The van der Waals surface area contributed by atoms with Crippen molar-refractivity contribution in [3.8, 4) is 17.2 Å². The summed E-state index contributed by atoms with van der Waals surface area (Å²) in [5.74, 6) is 1.97. The number of nitrogens with zero attached hydrogens (tertiary/aromatic N) is 1. The summed E-state index contributed by atoms with van der Waals surface area (Å²) < 4.78 is 15.9. The molecule has 0 bridgehead atoms. The van der Waals surface area contributed by atoms with Crippen LogP contribution in [0.1, 0.15) is 35.3 Å². The van der Waals surface area contributed by atoms with Crippen LogP contribution < -0.4 is 14.2 Å². The highest BCUT2D eigenvalue weighted by Crippen LogP contribution is 2.34. The molecule has 0 aromatic heterocycles. The van der Waals surface area contributed by atoms with E-state index in [9.17, 15) is 4.79 Å². The van der Waals surface area contributed by atoms with Gasteiger partial charge >= 0.3 is 0 Å². The molecule has 5 heteroatoms. The molecule has 2 aromatic carbocycles. The Morgan fingerprint density at radius 2 is 1.50 bits per heavy atom. The molecular weight excluding hydrogens is 330 g/mol. The summed E-state index contributed by atoms with van der Waals surface area (Å²) in [4.78, 5) is 15.2. The second kappa shape index (κ2) is 6.90. The molecule has 0 fully saturated rings. The Hall–Kier alpha value is -2.69. The molecule has 1 aliphatic rings. The van der Waals surface area contributed by atoms with Crippen LogP contribution in [0.2, 0.25) is 0 Å². The first-order valence-electron chi connectivity index (χ1n) is 8.59. The molecule has 138 valence electrons. The Bertz CT molecular complexity index is 807. The molecule has 0 saturated heterocycles. The van der Waals surface area contributed by atoms with Crippen molar-refractivity contribution in [2.24, 2.45) is 0 Å². The van der Waals surface area contributed by atoms with Crippen molar-refractivity contribution in [3.63, 3.8) is 0 Å². The van der Waals surface area contributed by atoms with Gasteiger partial charge in [-0.2, -0.15) is 0 Å². The zero-order chi connectivity index (χ0) is 18.9. The normalized spacial score (nSPS) is 15.2. The molecule has 5 nitrogen and oxygen atoms in total. The Labute approximate surface area is 154 Å². The fourth-order valence-electron chi connectivity index (χ4n) is 3.43. The van der Waals surface area contributed by atoms with Crippen LogP contribution in [0.3, 0.4) is 0 Å². The molecule has 1 heterocycles. The monoisotopic (exact) mass is 355 g/mol. The van der Waals surface area contributed by atoms with Crippen LogP contribution in [0.4, 0.5) is 0 Å². The number of fused-ring (bicyclic) bond motifs is 1. The maximum atomic E-state index is 13.3. The number of hydrogen-bond donors (Lipinski definition) is 0. The van der Waals surface area contributed by atoms with Gasteiger partial charge < -0.3 is 19.1 Å². The third-order valence-electron chi connectivity index (χ3n) is 4.94. The Balaban J connectivity index is 1.98. The highest BCUT2D eigenvalue weighted by atomic mass is 16.5. The van der Waals surface area contributed by atoms with Gasteiger partial charge in [0.25, 0.3) is 5.91 Å². The number of methoxy groups -OCH3 is 3. The first kappa shape index (κ1) is 18.1. The Morgan fingerprint density at radius 3 is 2.08 bits per heavy atom. The van der Waals surface area contributed by atoms with Gasteiger partial charge in [0.2, 0.25) is 0 Å². The summed E-state index contributed by atoms with van der Waals surface area (Å²) in [6.07, 6.45) is 0.791. The topological polar surface area (TPSA) is 48.0 Å². The van der Waals surface area contributed by atoms with Crippen molar-refractivity contribution in [3.05, 3.63) is 53.1 Å². The molecular formula is C21H25NO4. The summed E-state index contributed by atoms with van der Waals surface area (Å²) >= 11 is 0. The average molecular weight is 355 g/mol. The van der Waals surface area contributed by atoms with Crippen LogP contribution in [0.5, 0.6) is 17.2 Å². The predicted octanol–water partition coefficient (Wildman–Crippen LogP) is 3.69. The molecule has 0 saturated carbocycles. The lowest BCUT2D eigenvalue weighted by atomic mass is 9.85. The molecule has 0 radical (unpaired) electrons. The molecule has 0 aliphatic carbocycles. The number of carbonyl (C=O) groups excluding carboxylic acids is 1. The van der Waals surface area contributed by atoms with E-state index in [1.54, 1.807) is 39.5 Å². The third-order valence-corrected chi connectivity index (χ3v) is 4.94. The zero-order valence-corrected chi connectivity index (χ0v) is 16.0. The number of hydrogen-bond acceptors (Lipinski definition) is 4. The average Bonchev–Trinajstić information content (AvgIpc) is 2.65.